The minimum Gasteiger partial charge on any atom is -0.484 e. The van der Waals surface area contributed by atoms with Crippen LogP contribution in [0.1, 0.15) is 12.8 Å². The van der Waals surface area contributed by atoms with Crippen molar-refractivity contribution in [2.24, 2.45) is 0 Å². The highest BCUT2D eigenvalue weighted by atomic mass is 35.5. The minimum absolute atomic E-state index is 0.0550. The molecule has 8 heteroatoms. The number of hydrogen-bond donors (Lipinski definition) is 3. The van der Waals surface area contributed by atoms with Gasteiger partial charge in [-0.05, 0) is 35.0 Å². The Morgan fingerprint density at radius 2 is 1.43 bits per heavy atom. The highest BCUT2D eigenvalue weighted by molar-refractivity contribution is 6.33. The Balaban J connectivity index is 1.36. The summed E-state index contributed by atoms with van der Waals surface area (Å²) in [5.41, 5.74) is 4.99. The van der Waals surface area contributed by atoms with Crippen LogP contribution in [0.4, 0.5) is 5.69 Å². The standard InChI is InChI=1S/C22H20ClN3O4/c23-18-7-3-4-8-19(18)24-20(27)11-12-21(28)25-26-22(29)14-30-17-10-9-15-5-1-2-6-16(15)13-17/h1-10,13H,11-12,14H2,(H,24,27)(H,25,28)(H,26,29). The summed E-state index contributed by atoms with van der Waals surface area (Å²) in [6.07, 6.45) is -0.150. The van der Waals surface area contributed by atoms with Crippen molar-refractivity contribution in [1.82, 2.24) is 10.9 Å². The molecule has 0 saturated carbocycles. The first-order valence-electron chi connectivity index (χ1n) is 9.25. The van der Waals surface area contributed by atoms with Gasteiger partial charge >= 0.3 is 0 Å². The van der Waals surface area contributed by atoms with Crippen LogP contribution < -0.4 is 20.9 Å². The molecule has 0 fully saturated rings. The van der Waals surface area contributed by atoms with E-state index in [4.69, 9.17) is 16.3 Å². The largest absolute Gasteiger partial charge is 0.484 e. The summed E-state index contributed by atoms with van der Waals surface area (Å²) in [7, 11) is 0. The molecule has 3 N–H and O–H groups in total. The van der Waals surface area contributed by atoms with Crippen molar-refractivity contribution >= 4 is 45.8 Å². The van der Waals surface area contributed by atoms with Gasteiger partial charge in [0.05, 0.1) is 10.7 Å². The van der Waals surface area contributed by atoms with Crippen molar-refractivity contribution < 1.29 is 19.1 Å². The fraction of sp³-hybridized carbons (Fsp3) is 0.136. The molecule has 3 amide bonds. The third-order valence-corrected chi connectivity index (χ3v) is 4.49. The molecular weight excluding hydrogens is 406 g/mol. The fourth-order valence-electron chi connectivity index (χ4n) is 2.65. The molecule has 0 heterocycles. The van der Waals surface area contributed by atoms with Gasteiger partial charge in [-0.15, -0.1) is 0 Å². The summed E-state index contributed by atoms with van der Waals surface area (Å²) in [5.74, 6) is -0.823. The third kappa shape index (κ3) is 6.22. The van der Waals surface area contributed by atoms with E-state index in [1.54, 1.807) is 30.3 Å². The number of rotatable bonds is 7. The average molecular weight is 426 g/mol. The van der Waals surface area contributed by atoms with Crippen molar-refractivity contribution in [2.45, 2.75) is 12.8 Å². The van der Waals surface area contributed by atoms with Gasteiger partial charge in [-0.3, -0.25) is 25.2 Å². The quantitative estimate of drug-likeness (QED) is 0.505. The Hall–Kier alpha value is -3.58. The van der Waals surface area contributed by atoms with Crippen LogP contribution in [-0.4, -0.2) is 24.3 Å². The lowest BCUT2D eigenvalue weighted by Crippen LogP contribution is -2.44. The number of hydrazine groups is 1. The highest BCUT2D eigenvalue weighted by Gasteiger charge is 2.10. The van der Waals surface area contributed by atoms with Gasteiger partial charge in [0.25, 0.3) is 5.91 Å². The number of para-hydroxylation sites is 1. The zero-order chi connectivity index (χ0) is 21.3. The van der Waals surface area contributed by atoms with Crippen molar-refractivity contribution in [1.29, 1.82) is 0 Å². The molecule has 0 spiro atoms. The molecule has 154 valence electrons. The molecule has 0 radical (unpaired) electrons. The van der Waals surface area contributed by atoms with Gasteiger partial charge in [0.2, 0.25) is 11.8 Å². The lowest BCUT2D eigenvalue weighted by Gasteiger charge is -2.10. The van der Waals surface area contributed by atoms with Crippen LogP contribution in [0.25, 0.3) is 10.8 Å². The second-order valence-electron chi connectivity index (χ2n) is 6.42. The van der Waals surface area contributed by atoms with Crippen LogP contribution in [0.5, 0.6) is 5.75 Å². The molecule has 3 aromatic carbocycles. The van der Waals surface area contributed by atoms with Crippen LogP contribution in [0, 0.1) is 0 Å². The van der Waals surface area contributed by atoms with Gasteiger partial charge in [0.15, 0.2) is 6.61 Å². The van der Waals surface area contributed by atoms with E-state index in [2.05, 4.69) is 16.2 Å². The predicted octanol–water partition coefficient (Wildman–Crippen LogP) is 3.44. The summed E-state index contributed by atoms with van der Waals surface area (Å²) in [5, 5.41) is 5.10. The van der Waals surface area contributed by atoms with Gasteiger partial charge in [0, 0.05) is 12.8 Å². The van der Waals surface area contributed by atoms with E-state index in [0.29, 0.717) is 16.5 Å². The zero-order valence-electron chi connectivity index (χ0n) is 16.0. The smallest absolute Gasteiger partial charge is 0.276 e. The zero-order valence-corrected chi connectivity index (χ0v) is 16.7. The number of carbonyl (C=O) groups is 3. The first kappa shape index (κ1) is 21.1. The van der Waals surface area contributed by atoms with E-state index in [9.17, 15) is 14.4 Å². The Labute approximate surface area is 178 Å². The van der Waals surface area contributed by atoms with Crippen molar-refractivity contribution in [3.05, 3.63) is 71.8 Å². The maximum Gasteiger partial charge on any atom is 0.276 e. The fourth-order valence-corrected chi connectivity index (χ4v) is 2.83. The monoisotopic (exact) mass is 425 g/mol. The molecule has 0 aliphatic heterocycles. The van der Waals surface area contributed by atoms with Crippen LogP contribution in [0.15, 0.2) is 66.7 Å². The lowest BCUT2D eigenvalue weighted by atomic mass is 10.1. The van der Waals surface area contributed by atoms with Gasteiger partial charge in [-0.2, -0.15) is 0 Å². The van der Waals surface area contributed by atoms with Crippen LogP contribution >= 0.6 is 11.6 Å². The number of hydrogen-bond acceptors (Lipinski definition) is 4. The molecule has 0 bridgehead atoms. The molecule has 30 heavy (non-hydrogen) atoms. The summed E-state index contributed by atoms with van der Waals surface area (Å²) >= 11 is 5.96. The molecule has 0 atom stereocenters. The summed E-state index contributed by atoms with van der Waals surface area (Å²) in [6, 6.07) is 20.1. The predicted molar refractivity (Wildman–Crippen MR) is 115 cm³/mol. The summed E-state index contributed by atoms with van der Waals surface area (Å²) < 4.78 is 5.44. The van der Waals surface area contributed by atoms with E-state index in [1.165, 1.54) is 0 Å². The van der Waals surface area contributed by atoms with E-state index in [-0.39, 0.29) is 25.4 Å². The van der Waals surface area contributed by atoms with Crippen LogP contribution in [0.3, 0.4) is 0 Å². The molecule has 0 aromatic heterocycles. The second kappa shape index (κ2) is 10.3. The van der Waals surface area contributed by atoms with E-state index in [0.717, 1.165) is 10.8 Å². The number of carbonyl (C=O) groups excluding carboxylic acids is 3. The van der Waals surface area contributed by atoms with Gasteiger partial charge in [0.1, 0.15) is 5.75 Å². The van der Waals surface area contributed by atoms with Gasteiger partial charge in [-0.1, -0.05) is 54.1 Å². The first-order chi connectivity index (χ1) is 14.5. The lowest BCUT2D eigenvalue weighted by molar-refractivity contribution is -0.130. The Morgan fingerprint density at radius 1 is 0.767 bits per heavy atom. The number of nitrogens with one attached hydrogen (secondary N) is 3. The maximum absolute atomic E-state index is 11.9. The Morgan fingerprint density at radius 3 is 2.23 bits per heavy atom. The topological polar surface area (TPSA) is 96.5 Å². The average Bonchev–Trinajstić information content (AvgIpc) is 2.76. The number of anilines is 1. The van der Waals surface area contributed by atoms with E-state index >= 15 is 0 Å². The van der Waals surface area contributed by atoms with Crippen LogP contribution in [0.2, 0.25) is 5.02 Å². The Kier molecular flexibility index (Phi) is 7.24. The molecule has 0 unspecified atom stereocenters. The second-order valence-corrected chi connectivity index (χ2v) is 6.83. The van der Waals surface area contributed by atoms with Crippen molar-refractivity contribution in [3.63, 3.8) is 0 Å². The summed E-state index contributed by atoms with van der Waals surface area (Å²) in [4.78, 5) is 35.6. The number of benzene rings is 3. The molecule has 0 saturated heterocycles. The van der Waals surface area contributed by atoms with E-state index in [1.807, 2.05) is 36.4 Å². The van der Waals surface area contributed by atoms with Gasteiger partial charge < -0.3 is 10.1 Å². The molecule has 3 aromatic rings. The number of ether oxygens (including phenoxy) is 1. The Bertz CT molecular complexity index is 1070. The third-order valence-electron chi connectivity index (χ3n) is 4.16. The molecule has 0 aliphatic rings. The first-order valence-corrected chi connectivity index (χ1v) is 9.63. The van der Waals surface area contributed by atoms with Gasteiger partial charge in [-0.25, -0.2) is 0 Å². The SMILES string of the molecule is O=C(CCC(=O)Nc1ccccc1Cl)NNC(=O)COc1ccc2ccccc2c1. The normalized spacial score (nSPS) is 10.3. The highest BCUT2D eigenvalue weighted by Crippen LogP contribution is 2.21. The van der Waals surface area contributed by atoms with Crippen LogP contribution in [-0.2, 0) is 14.4 Å². The maximum atomic E-state index is 11.9. The molecular formula is C22H20ClN3O4. The van der Waals surface area contributed by atoms with E-state index < -0.39 is 11.8 Å². The molecule has 7 nitrogen and oxygen atoms in total. The summed E-state index contributed by atoms with van der Waals surface area (Å²) in [6.45, 7) is -0.258. The number of amides is 3. The number of fused-ring (bicyclic) bond motifs is 1. The molecule has 0 aliphatic carbocycles. The van der Waals surface area contributed by atoms with Crippen molar-refractivity contribution in [2.75, 3.05) is 11.9 Å². The van der Waals surface area contributed by atoms with Crippen molar-refractivity contribution in [3.8, 4) is 5.75 Å². The minimum atomic E-state index is -0.517. The number of halogens is 1. The molecule has 3 rings (SSSR count).